The molecule has 10 atom stereocenters. The quantitative estimate of drug-likeness (QED) is 0.202. The van der Waals surface area contributed by atoms with Crippen molar-refractivity contribution in [3.05, 3.63) is 0 Å². The van der Waals surface area contributed by atoms with E-state index in [1.807, 2.05) is 6.92 Å². The molecule has 242 valence electrons. The first-order valence-electron chi connectivity index (χ1n) is 16.5. The second-order valence-electron chi connectivity index (χ2n) is 18.1. The molecule has 1 N–H and O–H groups in total. The number of methoxy groups -OCH3 is 1. The van der Waals surface area contributed by atoms with Crippen LogP contribution in [0.5, 0.6) is 0 Å². The molecule has 0 aromatic heterocycles. The summed E-state index contributed by atoms with van der Waals surface area (Å²) in [6, 6.07) is 0. The van der Waals surface area contributed by atoms with Gasteiger partial charge in [0.05, 0.1) is 24.7 Å². The second kappa shape index (κ2) is 10.6. The summed E-state index contributed by atoms with van der Waals surface area (Å²) in [7, 11) is -2.71. The molecular formula is C34H62O6Si2. The SMILES string of the molecule is CO[C@@H]1C[C@@H]2[C@H](CC[C@](C)([C@@H](C=O)[C@@H](CO[Si](C)(C)C(C)(C)C)O[Si](C)(C)C(C)(C)C)[C@]2(O)C=O)[C@@]2(C)CC[C@@H]3C[C@]312. The van der Waals surface area contributed by atoms with Crippen LogP contribution in [0.1, 0.15) is 93.9 Å². The Labute approximate surface area is 258 Å². The minimum absolute atomic E-state index is 0.00130. The number of hydrogen-bond donors (Lipinski definition) is 1. The number of hydrogen-bond acceptors (Lipinski definition) is 6. The van der Waals surface area contributed by atoms with Gasteiger partial charge >= 0.3 is 0 Å². The van der Waals surface area contributed by atoms with Crippen molar-refractivity contribution in [1.82, 2.24) is 0 Å². The Balaban J connectivity index is 1.75. The Hall–Kier alpha value is -0.386. The average Bonchev–Trinajstić information content (AvgIpc) is 3.52. The predicted molar refractivity (Wildman–Crippen MR) is 173 cm³/mol. The van der Waals surface area contributed by atoms with Gasteiger partial charge in [-0.1, -0.05) is 55.4 Å². The maximum absolute atomic E-state index is 13.3. The smallest absolute Gasteiger partial charge is 0.192 e. The number of ether oxygens (including phenoxy) is 1. The Morgan fingerprint density at radius 2 is 1.52 bits per heavy atom. The first-order chi connectivity index (χ1) is 19.0. The fourth-order valence-electron chi connectivity index (χ4n) is 9.43. The first-order valence-corrected chi connectivity index (χ1v) is 22.3. The molecule has 0 bridgehead atoms. The third kappa shape index (κ3) is 4.83. The Kier molecular flexibility index (Phi) is 8.69. The number of carbonyl (C=O) groups excluding carboxylic acids is 2. The molecule has 4 fully saturated rings. The summed E-state index contributed by atoms with van der Waals surface area (Å²) in [6.07, 6.45) is 6.97. The summed E-state index contributed by atoms with van der Waals surface area (Å²) in [4.78, 5) is 26.6. The lowest BCUT2D eigenvalue weighted by Crippen LogP contribution is -2.69. The van der Waals surface area contributed by atoms with Crippen LogP contribution in [-0.2, 0) is 23.2 Å². The van der Waals surface area contributed by atoms with Gasteiger partial charge in [-0.3, -0.25) is 0 Å². The van der Waals surface area contributed by atoms with Crippen LogP contribution < -0.4 is 0 Å². The maximum Gasteiger partial charge on any atom is 0.192 e. The zero-order chi connectivity index (χ0) is 31.9. The van der Waals surface area contributed by atoms with Gasteiger partial charge in [-0.15, -0.1) is 0 Å². The molecule has 4 aliphatic carbocycles. The van der Waals surface area contributed by atoms with E-state index in [0.717, 1.165) is 25.4 Å². The number of carbonyl (C=O) groups is 2. The third-order valence-corrected chi connectivity index (χ3v) is 23.4. The van der Waals surface area contributed by atoms with Crippen LogP contribution in [0.4, 0.5) is 0 Å². The molecule has 4 saturated carbocycles. The van der Waals surface area contributed by atoms with E-state index in [2.05, 4.69) is 74.7 Å². The lowest BCUT2D eigenvalue weighted by Gasteiger charge is -2.64. The molecule has 0 aromatic rings. The highest BCUT2D eigenvalue weighted by atomic mass is 28.4. The normalized spacial score (nSPS) is 41.8. The molecule has 0 saturated heterocycles. The van der Waals surface area contributed by atoms with Crippen LogP contribution in [0.2, 0.25) is 36.3 Å². The summed E-state index contributed by atoms with van der Waals surface area (Å²) < 4.78 is 20.0. The van der Waals surface area contributed by atoms with E-state index in [1.165, 1.54) is 12.8 Å². The van der Waals surface area contributed by atoms with Crippen LogP contribution in [0.3, 0.4) is 0 Å². The topological polar surface area (TPSA) is 82.1 Å². The highest BCUT2D eigenvalue weighted by molar-refractivity contribution is 6.74. The van der Waals surface area contributed by atoms with Gasteiger partial charge in [0.25, 0.3) is 0 Å². The Bertz CT molecular complexity index is 1050. The van der Waals surface area contributed by atoms with Gasteiger partial charge in [0.2, 0.25) is 0 Å². The molecule has 4 rings (SSSR count). The van der Waals surface area contributed by atoms with Gasteiger partial charge in [-0.2, -0.15) is 0 Å². The predicted octanol–water partition coefficient (Wildman–Crippen LogP) is 7.40. The zero-order valence-electron chi connectivity index (χ0n) is 29.1. The molecule has 0 radical (unpaired) electrons. The van der Waals surface area contributed by atoms with Crippen molar-refractivity contribution in [1.29, 1.82) is 0 Å². The van der Waals surface area contributed by atoms with Crippen molar-refractivity contribution >= 4 is 29.2 Å². The van der Waals surface area contributed by atoms with Gasteiger partial charge in [0.15, 0.2) is 22.9 Å². The zero-order valence-corrected chi connectivity index (χ0v) is 31.1. The average molecular weight is 623 g/mol. The van der Waals surface area contributed by atoms with Crippen LogP contribution in [-0.4, -0.2) is 65.8 Å². The van der Waals surface area contributed by atoms with Gasteiger partial charge in [0.1, 0.15) is 11.9 Å². The minimum Gasteiger partial charge on any atom is -0.414 e. The molecule has 0 amide bonds. The molecule has 0 heterocycles. The maximum atomic E-state index is 13.3. The van der Waals surface area contributed by atoms with Crippen molar-refractivity contribution in [2.45, 2.75) is 148 Å². The molecule has 0 unspecified atom stereocenters. The van der Waals surface area contributed by atoms with Gasteiger partial charge < -0.3 is 28.3 Å². The summed E-state index contributed by atoms with van der Waals surface area (Å²) in [5, 5.41) is 12.7. The number of rotatable bonds is 10. The monoisotopic (exact) mass is 622 g/mol. The summed E-state index contributed by atoms with van der Waals surface area (Å²) in [6.45, 7) is 26.8. The fourth-order valence-corrected chi connectivity index (χ4v) is 11.8. The van der Waals surface area contributed by atoms with Crippen molar-refractivity contribution < 1.29 is 28.3 Å². The van der Waals surface area contributed by atoms with Gasteiger partial charge in [0, 0.05) is 23.9 Å². The van der Waals surface area contributed by atoms with E-state index < -0.39 is 39.7 Å². The third-order valence-electron chi connectivity index (χ3n) is 14.4. The fraction of sp³-hybridized carbons (Fsp3) is 0.941. The molecule has 0 aliphatic heterocycles. The molecular weight excluding hydrogens is 561 g/mol. The van der Waals surface area contributed by atoms with E-state index in [9.17, 15) is 14.7 Å². The Morgan fingerprint density at radius 3 is 2.00 bits per heavy atom. The summed E-state index contributed by atoms with van der Waals surface area (Å²) in [5.74, 6) is -0.0146. The molecule has 6 nitrogen and oxygen atoms in total. The lowest BCUT2D eigenvalue weighted by molar-refractivity contribution is -0.234. The first kappa shape index (κ1) is 34.5. The van der Waals surface area contributed by atoms with Crippen LogP contribution >= 0.6 is 0 Å². The van der Waals surface area contributed by atoms with Gasteiger partial charge in [-0.25, -0.2) is 0 Å². The molecule has 8 heteroatoms. The lowest BCUT2D eigenvalue weighted by atomic mass is 9.42. The van der Waals surface area contributed by atoms with E-state index in [1.54, 1.807) is 7.11 Å². The Morgan fingerprint density at radius 1 is 0.929 bits per heavy atom. The van der Waals surface area contributed by atoms with E-state index in [0.29, 0.717) is 18.8 Å². The van der Waals surface area contributed by atoms with Crippen molar-refractivity contribution in [3.8, 4) is 0 Å². The van der Waals surface area contributed by atoms with Crippen LogP contribution in [0.25, 0.3) is 0 Å². The minimum atomic E-state index is -2.34. The van der Waals surface area contributed by atoms with Crippen LogP contribution in [0.15, 0.2) is 0 Å². The molecule has 0 aromatic carbocycles. The second-order valence-corrected chi connectivity index (χ2v) is 27.7. The van der Waals surface area contributed by atoms with Crippen LogP contribution in [0, 0.1) is 39.9 Å². The van der Waals surface area contributed by atoms with Gasteiger partial charge in [-0.05, 0) is 92.0 Å². The molecule has 1 spiro atoms. The highest BCUT2D eigenvalue weighted by Crippen LogP contribution is 2.81. The van der Waals surface area contributed by atoms with Crippen molar-refractivity contribution in [2.24, 2.45) is 39.9 Å². The van der Waals surface area contributed by atoms with E-state index >= 15 is 0 Å². The standard InChI is InChI=1S/C34H62O6Si2/c1-29(2,3)41(10,11)39-21-27(40-42(12,13)30(4,5)6)26(20-35)32(8)17-15-24-25(34(32,37)22-36)18-28(38-9)33-19-23(33)14-16-31(24,33)7/h20,22-28,37H,14-19,21H2,1-13H3/t23-,24+,25-,26+,27-,28-,31-,32-,33+,34+/m1/s1. The number of fused-ring (bicyclic) bond motifs is 2. The number of aliphatic hydroxyl groups is 1. The highest BCUT2D eigenvalue weighted by Gasteiger charge is 2.79. The van der Waals surface area contributed by atoms with Crippen molar-refractivity contribution in [3.63, 3.8) is 0 Å². The van der Waals surface area contributed by atoms with E-state index in [4.69, 9.17) is 13.6 Å². The largest absolute Gasteiger partial charge is 0.414 e. The summed E-state index contributed by atoms with van der Waals surface area (Å²) >= 11 is 0. The summed E-state index contributed by atoms with van der Waals surface area (Å²) in [5.41, 5.74) is -2.43. The molecule has 42 heavy (non-hydrogen) atoms. The molecule has 4 aliphatic rings. The van der Waals surface area contributed by atoms with Crippen molar-refractivity contribution in [2.75, 3.05) is 13.7 Å². The van der Waals surface area contributed by atoms with E-state index in [-0.39, 0.29) is 45.5 Å². The number of aldehydes is 2.